The van der Waals surface area contributed by atoms with Crippen molar-refractivity contribution in [3.63, 3.8) is 0 Å². The average Bonchev–Trinajstić information content (AvgIpc) is 2.47. The molecule has 0 fully saturated rings. The predicted octanol–water partition coefficient (Wildman–Crippen LogP) is 3.34. The Balaban J connectivity index is 2.23. The zero-order chi connectivity index (χ0) is 17.0. The van der Waals surface area contributed by atoms with Crippen LogP contribution in [0.4, 0.5) is 4.79 Å². The first kappa shape index (κ1) is 17.0. The van der Waals surface area contributed by atoms with Crippen molar-refractivity contribution in [1.29, 1.82) is 0 Å². The summed E-state index contributed by atoms with van der Waals surface area (Å²) in [5, 5.41) is 0. The molecule has 1 N–H and O–H groups in total. The van der Waals surface area contributed by atoms with Gasteiger partial charge in [-0.15, -0.1) is 0 Å². The summed E-state index contributed by atoms with van der Waals surface area (Å²) < 4.78 is 31.7. The lowest BCUT2D eigenvalue weighted by Gasteiger charge is -2.13. The van der Waals surface area contributed by atoms with Gasteiger partial charge in [-0.25, -0.2) is 17.9 Å². The Labute approximate surface area is 136 Å². The van der Waals surface area contributed by atoms with Crippen molar-refractivity contribution in [3.8, 4) is 5.75 Å². The van der Waals surface area contributed by atoms with Crippen molar-refractivity contribution in [2.24, 2.45) is 0 Å². The van der Waals surface area contributed by atoms with E-state index in [-0.39, 0.29) is 10.6 Å². The molecule has 0 heterocycles. The van der Waals surface area contributed by atoms with Crippen molar-refractivity contribution < 1.29 is 17.9 Å². The number of nitrogens with one attached hydrogen (secondary N) is 1. The highest BCUT2D eigenvalue weighted by atomic mass is 32.2. The smallest absolute Gasteiger partial charge is 0.410 e. The van der Waals surface area contributed by atoms with Gasteiger partial charge >= 0.3 is 6.09 Å². The molecule has 0 saturated heterocycles. The number of amides is 1. The number of ether oxygens (including phenoxy) is 1. The number of sulfonamides is 1. The maximum atomic E-state index is 12.4. The second-order valence-electron chi connectivity index (χ2n) is 5.21. The summed E-state index contributed by atoms with van der Waals surface area (Å²) in [7, 11) is -3.98. The fourth-order valence-corrected chi connectivity index (χ4v) is 3.48. The van der Waals surface area contributed by atoms with Gasteiger partial charge in [0.25, 0.3) is 10.0 Å². The molecule has 0 aliphatic heterocycles. The molecule has 0 atom stereocenters. The number of hydrogen-bond donors (Lipinski definition) is 1. The van der Waals surface area contributed by atoms with Crippen LogP contribution in [0, 0.1) is 13.8 Å². The first-order valence-electron chi connectivity index (χ1n) is 7.23. The van der Waals surface area contributed by atoms with Crippen LogP contribution < -0.4 is 9.46 Å². The van der Waals surface area contributed by atoms with Crippen LogP contribution in [0.25, 0.3) is 0 Å². The number of carbonyl (C=O) groups is 1. The van der Waals surface area contributed by atoms with Gasteiger partial charge in [0.2, 0.25) is 0 Å². The largest absolute Gasteiger partial charge is 0.426 e. The third kappa shape index (κ3) is 4.10. The molecular formula is C17H19NO4S. The molecular weight excluding hydrogens is 314 g/mol. The van der Waals surface area contributed by atoms with Crippen LogP contribution in [0.1, 0.15) is 23.6 Å². The average molecular weight is 333 g/mol. The van der Waals surface area contributed by atoms with Crippen LogP contribution in [-0.4, -0.2) is 14.5 Å². The van der Waals surface area contributed by atoms with E-state index < -0.39 is 16.1 Å². The van der Waals surface area contributed by atoms with Gasteiger partial charge in [0.05, 0.1) is 4.90 Å². The Bertz CT molecular complexity index is 814. The van der Waals surface area contributed by atoms with Gasteiger partial charge in [-0.3, -0.25) is 0 Å². The van der Waals surface area contributed by atoms with Crippen LogP contribution in [0.2, 0.25) is 0 Å². The van der Waals surface area contributed by atoms with Gasteiger partial charge in [0.1, 0.15) is 5.75 Å². The molecule has 5 nitrogen and oxygen atoms in total. The minimum Gasteiger partial charge on any atom is -0.410 e. The molecule has 0 spiro atoms. The summed E-state index contributed by atoms with van der Waals surface area (Å²) in [6.07, 6.45) is -0.322. The van der Waals surface area contributed by atoms with Crippen LogP contribution >= 0.6 is 0 Å². The summed E-state index contributed by atoms with van der Waals surface area (Å²) in [6.45, 7) is 5.58. The fraction of sp³-hybridized carbons (Fsp3) is 0.235. The third-order valence-corrected chi connectivity index (χ3v) is 4.93. The van der Waals surface area contributed by atoms with E-state index in [2.05, 4.69) is 0 Å². The monoisotopic (exact) mass is 333 g/mol. The Morgan fingerprint density at radius 2 is 1.74 bits per heavy atom. The van der Waals surface area contributed by atoms with E-state index in [0.29, 0.717) is 12.0 Å². The lowest BCUT2D eigenvalue weighted by atomic mass is 10.0. The lowest BCUT2D eigenvalue weighted by molar-refractivity contribution is 0.207. The van der Waals surface area contributed by atoms with Crippen molar-refractivity contribution in [2.45, 2.75) is 32.1 Å². The normalized spacial score (nSPS) is 11.1. The first-order chi connectivity index (χ1) is 10.8. The van der Waals surface area contributed by atoms with Gasteiger partial charge in [0, 0.05) is 0 Å². The number of aryl methyl sites for hydroxylation is 3. The molecule has 1 amide bonds. The van der Waals surface area contributed by atoms with E-state index >= 15 is 0 Å². The Morgan fingerprint density at radius 1 is 1.09 bits per heavy atom. The number of para-hydroxylation sites is 1. The van der Waals surface area contributed by atoms with E-state index in [0.717, 1.165) is 11.1 Å². The Hall–Kier alpha value is -2.34. The molecule has 0 aliphatic rings. The van der Waals surface area contributed by atoms with Gasteiger partial charge in [0.15, 0.2) is 0 Å². The number of hydrogen-bond acceptors (Lipinski definition) is 4. The molecule has 0 bridgehead atoms. The number of rotatable bonds is 4. The molecule has 0 saturated carbocycles. The zero-order valence-electron chi connectivity index (χ0n) is 13.3. The molecule has 0 unspecified atom stereocenters. The SMILES string of the molecule is CCc1cc(S(=O)(=O)NC(=O)Oc2ccccc2)c(C)cc1C. The highest BCUT2D eigenvalue weighted by Crippen LogP contribution is 2.21. The van der Waals surface area contributed by atoms with E-state index in [1.165, 1.54) is 0 Å². The zero-order valence-corrected chi connectivity index (χ0v) is 14.1. The summed E-state index contributed by atoms with van der Waals surface area (Å²) in [5.41, 5.74) is 2.53. The van der Waals surface area contributed by atoms with Gasteiger partial charge in [-0.1, -0.05) is 31.2 Å². The second kappa shape index (κ2) is 6.83. The minimum atomic E-state index is -3.98. The molecule has 0 aromatic heterocycles. The summed E-state index contributed by atoms with van der Waals surface area (Å²) in [6, 6.07) is 11.7. The van der Waals surface area contributed by atoms with Crippen LogP contribution in [-0.2, 0) is 16.4 Å². The highest BCUT2D eigenvalue weighted by Gasteiger charge is 2.22. The molecule has 2 rings (SSSR count). The maximum absolute atomic E-state index is 12.4. The molecule has 2 aromatic rings. The molecule has 0 aliphatic carbocycles. The summed E-state index contributed by atoms with van der Waals surface area (Å²) in [4.78, 5) is 11.9. The fourth-order valence-electron chi connectivity index (χ4n) is 2.33. The van der Waals surface area contributed by atoms with E-state index in [4.69, 9.17) is 4.74 Å². The Kier molecular flexibility index (Phi) is 5.05. The van der Waals surface area contributed by atoms with Crippen molar-refractivity contribution in [1.82, 2.24) is 4.72 Å². The standard InChI is InChI=1S/C17H19NO4S/c1-4-14-11-16(13(3)10-12(14)2)23(20,21)18-17(19)22-15-8-6-5-7-9-15/h5-11H,4H2,1-3H3,(H,18,19). The topological polar surface area (TPSA) is 72.5 Å². The third-order valence-electron chi connectivity index (χ3n) is 3.48. The Morgan fingerprint density at radius 3 is 2.35 bits per heavy atom. The number of benzene rings is 2. The molecule has 2 aromatic carbocycles. The molecule has 0 radical (unpaired) electrons. The summed E-state index contributed by atoms with van der Waals surface area (Å²) in [5.74, 6) is 0.273. The predicted molar refractivity (Wildman–Crippen MR) is 88.1 cm³/mol. The van der Waals surface area contributed by atoms with E-state index in [9.17, 15) is 13.2 Å². The molecule has 6 heteroatoms. The van der Waals surface area contributed by atoms with Crippen LogP contribution in [0.5, 0.6) is 5.75 Å². The van der Waals surface area contributed by atoms with Gasteiger partial charge < -0.3 is 4.74 Å². The lowest BCUT2D eigenvalue weighted by Crippen LogP contribution is -2.33. The van der Waals surface area contributed by atoms with Crippen molar-refractivity contribution in [2.75, 3.05) is 0 Å². The molecule has 122 valence electrons. The first-order valence-corrected chi connectivity index (χ1v) is 8.71. The summed E-state index contributed by atoms with van der Waals surface area (Å²) >= 11 is 0. The van der Waals surface area contributed by atoms with Crippen LogP contribution in [0.3, 0.4) is 0 Å². The van der Waals surface area contributed by atoms with Crippen LogP contribution in [0.15, 0.2) is 47.4 Å². The van der Waals surface area contributed by atoms with E-state index in [1.54, 1.807) is 49.4 Å². The van der Waals surface area contributed by atoms with Gasteiger partial charge in [-0.2, -0.15) is 0 Å². The van der Waals surface area contributed by atoms with E-state index in [1.807, 2.05) is 18.6 Å². The second-order valence-corrected chi connectivity index (χ2v) is 6.86. The molecule has 23 heavy (non-hydrogen) atoms. The van der Waals surface area contributed by atoms with Crippen molar-refractivity contribution in [3.05, 3.63) is 59.2 Å². The minimum absolute atomic E-state index is 0.0879. The maximum Gasteiger partial charge on any atom is 0.426 e. The van der Waals surface area contributed by atoms with Crippen molar-refractivity contribution >= 4 is 16.1 Å². The highest BCUT2D eigenvalue weighted by molar-refractivity contribution is 7.90. The quantitative estimate of drug-likeness (QED) is 0.931. The van der Waals surface area contributed by atoms with Gasteiger partial charge in [-0.05, 0) is 55.2 Å². The number of carbonyl (C=O) groups excluding carboxylic acids is 1.